The molecule has 11 heteroatoms. The first-order valence-corrected chi connectivity index (χ1v) is 14.8. The van der Waals surface area contributed by atoms with E-state index in [0.29, 0.717) is 38.2 Å². The molecule has 0 spiro atoms. The van der Waals surface area contributed by atoms with Gasteiger partial charge in [0.05, 0.1) is 12.6 Å². The molecule has 1 aromatic heterocycles. The highest BCUT2D eigenvalue weighted by molar-refractivity contribution is 5.99. The topological polar surface area (TPSA) is 124 Å². The van der Waals surface area contributed by atoms with E-state index in [4.69, 9.17) is 9.72 Å². The lowest BCUT2D eigenvalue weighted by Gasteiger charge is -2.29. The van der Waals surface area contributed by atoms with Crippen molar-refractivity contribution in [3.05, 3.63) is 58.8 Å². The van der Waals surface area contributed by atoms with Crippen molar-refractivity contribution >= 4 is 23.6 Å². The highest BCUT2D eigenvalue weighted by atomic mass is 19.1. The van der Waals surface area contributed by atoms with E-state index in [9.17, 15) is 23.9 Å². The highest BCUT2D eigenvalue weighted by Crippen LogP contribution is 2.21. The summed E-state index contributed by atoms with van der Waals surface area (Å²) in [5, 5.41) is 15.8. The number of ether oxygens (including phenoxy) is 1. The molecule has 0 radical (unpaired) electrons. The molecule has 4 rings (SSSR count). The number of carbonyl (C=O) groups excluding carboxylic acids is 2. The van der Waals surface area contributed by atoms with E-state index >= 15 is 0 Å². The maximum atomic E-state index is 13.5. The molecule has 0 fully saturated rings. The molecule has 0 bridgehead atoms. The molecule has 0 saturated heterocycles. The Kier molecular flexibility index (Phi) is 11.7. The molecule has 2 aliphatic rings. The number of fused-ring (bicyclic) bond motifs is 2. The SMILES string of the molecule is COC(CF)CN(CCCCc1ccc2c(n1)NCCC2)CCC(NC(=O)CN1CCc2ccccc2C1=O)C(=O)O. The van der Waals surface area contributed by atoms with Crippen LogP contribution in [0.4, 0.5) is 10.2 Å². The van der Waals surface area contributed by atoms with Crippen LogP contribution in [0, 0.1) is 0 Å². The fourth-order valence-corrected chi connectivity index (χ4v) is 5.53. The molecule has 0 aliphatic carbocycles. The molecule has 2 atom stereocenters. The van der Waals surface area contributed by atoms with Crippen molar-refractivity contribution < 1.29 is 28.6 Å². The molecule has 1 aromatic carbocycles. The summed E-state index contributed by atoms with van der Waals surface area (Å²) in [5.41, 5.74) is 3.79. The molecular formula is C31H42FN5O5. The van der Waals surface area contributed by atoms with Gasteiger partial charge in [-0.2, -0.15) is 0 Å². The predicted molar refractivity (Wildman–Crippen MR) is 157 cm³/mol. The predicted octanol–water partition coefficient (Wildman–Crippen LogP) is 2.71. The second-order valence-corrected chi connectivity index (χ2v) is 11.0. The third-order valence-corrected chi connectivity index (χ3v) is 7.96. The molecule has 3 N–H and O–H groups in total. The minimum absolute atomic E-state index is 0.138. The Morgan fingerprint density at radius 3 is 2.79 bits per heavy atom. The number of halogens is 1. The Hall–Kier alpha value is -3.57. The van der Waals surface area contributed by atoms with Crippen LogP contribution < -0.4 is 10.6 Å². The first kappa shape index (κ1) is 31.4. The number of hydrogen-bond donors (Lipinski definition) is 3. The van der Waals surface area contributed by atoms with Gasteiger partial charge in [0.1, 0.15) is 18.5 Å². The van der Waals surface area contributed by atoms with Crippen molar-refractivity contribution in [2.24, 2.45) is 0 Å². The summed E-state index contributed by atoms with van der Waals surface area (Å²) in [6.45, 7) is 1.77. The van der Waals surface area contributed by atoms with Gasteiger partial charge >= 0.3 is 5.97 Å². The van der Waals surface area contributed by atoms with Crippen molar-refractivity contribution in [2.75, 3.05) is 58.4 Å². The number of aromatic nitrogens is 1. The number of unbranched alkanes of at least 4 members (excludes halogenated alkanes) is 1. The number of hydrogen-bond acceptors (Lipinski definition) is 7. The zero-order valence-electron chi connectivity index (χ0n) is 24.3. The van der Waals surface area contributed by atoms with Gasteiger partial charge in [-0.15, -0.1) is 0 Å². The molecule has 10 nitrogen and oxygen atoms in total. The van der Waals surface area contributed by atoms with Gasteiger partial charge in [-0.25, -0.2) is 14.2 Å². The summed E-state index contributed by atoms with van der Waals surface area (Å²) < 4.78 is 18.7. The lowest BCUT2D eigenvalue weighted by Crippen LogP contribution is -2.49. The van der Waals surface area contributed by atoms with E-state index in [1.807, 2.05) is 17.0 Å². The van der Waals surface area contributed by atoms with Crippen LogP contribution in [0.15, 0.2) is 36.4 Å². The first-order valence-electron chi connectivity index (χ1n) is 14.8. The normalized spacial score (nSPS) is 15.9. The van der Waals surface area contributed by atoms with Crippen LogP contribution in [-0.4, -0.2) is 103 Å². The van der Waals surface area contributed by atoms with Gasteiger partial charge in [0.25, 0.3) is 5.91 Å². The maximum absolute atomic E-state index is 13.5. The molecular weight excluding hydrogens is 541 g/mol. The van der Waals surface area contributed by atoms with Gasteiger partial charge in [0, 0.05) is 44.5 Å². The van der Waals surface area contributed by atoms with E-state index < -0.39 is 30.7 Å². The van der Waals surface area contributed by atoms with Gasteiger partial charge < -0.3 is 30.3 Å². The quantitative estimate of drug-likeness (QED) is 0.258. The summed E-state index contributed by atoms with van der Waals surface area (Å²) in [4.78, 5) is 45.8. The number of amides is 2. The lowest BCUT2D eigenvalue weighted by molar-refractivity contribution is -0.142. The minimum Gasteiger partial charge on any atom is -0.480 e. The lowest BCUT2D eigenvalue weighted by atomic mass is 9.99. The number of carbonyl (C=O) groups is 3. The Labute approximate surface area is 246 Å². The minimum atomic E-state index is -1.15. The Morgan fingerprint density at radius 1 is 1.17 bits per heavy atom. The van der Waals surface area contributed by atoms with E-state index in [-0.39, 0.29) is 18.9 Å². The number of aliphatic carboxylic acids is 1. The van der Waals surface area contributed by atoms with Crippen LogP contribution >= 0.6 is 0 Å². The highest BCUT2D eigenvalue weighted by Gasteiger charge is 2.28. The largest absolute Gasteiger partial charge is 0.480 e. The molecule has 2 aromatic rings. The van der Waals surface area contributed by atoms with Crippen LogP contribution in [0.25, 0.3) is 0 Å². The molecule has 2 aliphatic heterocycles. The molecule has 228 valence electrons. The average Bonchev–Trinajstić information content (AvgIpc) is 3.00. The van der Waals surface area contributed by atoms with E-state index in [1.54, 1.807) is 12.1 Å². The summed E-state index contributed by atoms with van der Waals surface area (Å²) in [5.74, 6) is -0.932. The number of nitrogens with one attached hydrogen (secondary N) is 2. The first-order chi connectivity index (χ1) is 20.4. The number of benzene rings is 1. The standard InChI is InChI=1S/C31H42FN5O5/c1-42-25(19-32)20-36(16-5-4-9-24-12-11-23-8-6-15-33-29(23)34-24)17-14-27(31(40)41)35-28(38)21-37-18-13-22-7-2-3-10-26(22)30(37)39/h2-3,7,10-12,25,27H,4-6,8-9,13-21H2,1H3,(H,33,34)(H,35,38)(H,40,41). The fraction of sp³-hybridized carbons (Fsp3) is 0.548. The summed E-state index contributed by atoms with van der Waals surface area (Å²) >= 11 is 0. The van der Waals surface area contributed by atoms with E-state index in [2.05, 4.69) is 22.8 Å². The second-order valence-electron chi connectivity index (χ2n) is 11.0. The molecule has 2 unspecified atom stereocenters. The Morgan fingerprint density at radius 2 is 2.00 bits per heavy atom. The monoisotopic (exact) mass is 583 g/mol. The van der Waals surface area contributed by atoms with Crippen molar-refractivity contribution in [3.63, 3.8) is 0 Å². The van der Waals surface area contributed by atoms with E-state index in [1.165, 1.54) is 17.6 Å². The van der Waals surface area contributed by atoms with Crippen LogP contribution in [-0.2, 0) is 33.6 Å². The van der Waals surface area contributed by atoms with Crippen LogP contribution in [0.5, 0.6) is 0 Å². The van der Waals surface area contributed by atoms with Crippen LogP contribution in [0.2, 0.25) is 0 Å². The van der Waals surface area contributed by atoms with E-state index in [0.717, 1.165) is 55.7 Å². The Bertz CT molecular complexity index is 1220. The number of rotatable bonds is 16. The number of alkyl halides is 1. The summed E-state index contributed by atoms with van der Waals surface area (Å²) in [6.07, 6.45) is 4.82. The smallest absolute Gasteiger partial charge is 0.326 e. The molecule has 2 amide bonds. The fourth-order valence-electron chi connectivity index (χ4n) is 5.53. The number of pyridine rings is 1. The zero-order valence-corrected chi connectivity index (χ0v) is 24.3. The number of carboxylic acids is 1. The number of methoxy groups -OCH3 is 1. The molecule has 3 heterocycles. The summed E-state index contributed by atoms with van der Waals surface area (Å²) in [7, 11) is 1.46. The summed E-state index contributed by atoms with van der Waals surface area (Å²) in [6, 6.07) is 10.4. The number of carboxylic acid groups (broad SMARTS) is 1. The number of nitrogens with zero attached hydrogens (tertiary/aromatic N) is 3. The van der Waals surface area contributed by atoms with Crippen molar-refractivity contribution in [2.45, 2.75) is 57.1 Å². The number of aryl methyl sites for hydroxylation is 2. The second kappa shape index (κ2) is 15.6. The van der Waals surface area contributed by atoms with Gasteiger partial charge in [-0.1, -0.05) is 24.3 Å². The third kappa shape index (κ3) is 8.72. The number of anilines is 1. The van der Waals surface area contributed by atoms with Gasteiger partial charge in [-0.05, 0) is 74.8 Å². The Balaban J connectivity index is 1.27. The average molecular weight is 584 g/mol. The van der Waals surface area contributed by atoms with Crippen LogP contribution in [0.1, 0.15) is 52.9 Å². The van der Waals surface area contributed by atoms with Crippen molar-refractivity contribution in [1.82, 2.24) is 20.1 Å². The maximum Gasteiger partial charge on any atom is 0.326 e. The van der Waals surface area contributed by atoms with Crippen molar-refractivity contribution in [1.29, 1.82) is 0 Å². The molecule has 42 heavy (non-hydrogen) atoms. The van der Waals surface area contributed by atoms with Crippen molar-refractivity contribution in [3.8, 4) is 0 Å². The molecule has 0 saturated carbocycles. The zero-order chi connectivity index (χ0) is 29.9. The van der Waals surface area contributed by atoms with Gasteiger partial charge in [0.15, 0.2) is 0 Å². The van der Waals surface area contributed by atoms with Gasteiger partial charge in [0.2, 0.25) is 5.91 Å². The van der Waals surface area contributed by atoms with Gasteiger partial charge in [-0.3, -0.25) is 9.59 Å². The van der Waals surface area contributed by atoms with Crippen LogP contribution in [0.3, 0.4) is 0 Å². The third-order valence-electron chi connectivity index (χ3n) is 7.96.